The van der Waals surface area contributed by atoms with E-state index in [2.05, 4.69) is 5.18 Å². The quantitative estimate of drug-likeness (QED) is 0.767. The number of rotatable bonds is 3. The topological polar surface area (TPSA) is 49.7 Å². The van der Waals surface area contributed by atoms with Crippen molar-refractivity contribution in [3.63, 3.8) is 0 Å². The molecule has 1 saturated carbocycles. The Balaban J connectivity index is 1.86. The Labute approximate surface area is 106 Å². The van der Waals surface area contributed by atoms with E-state index in [1.165, 1.54) is 0 Å². The van der Waals surface area contributed by atoms with Gasteiger partial charge in [-0.3, -0.25) is 4.79 Å². The van der Waals surface area contributed by atoms with E-state index in [0.717, 1.165) is 18.4 Å². The van der Waals surface area contributed by atoms with Gasteiger partial charge in [0.25, 0.3) is 0 Å². The molecular weight excluding hydrogens is 228 g/mol. The van der Waals surface area contributed by atoms with Crippen LogP contribution in [0.2, 0.25) is 0 Å². The maximum atomic E-state index is 12.4. The molecule has 0 bridgehead atoms. The SMILES string of the molecule is C[C@H](c1ccccc1)N1CC(N=O)C2(CC2)C1=O. The second kappa shape index (κ2) is 3.90. The Kier molecular flexibility index (Phi) is 2.47. The Hall–Kier alpha value is -1.71. The Morgan fingerprint density at radius 3 is 2.50 bits per heavy atom. The first kappa shape index (κ1) is 11.4. The maximum absolute atomic E-state index is 12.4. The summed E-state index contributed by atoms with van der Waals surface area (Å²) in [6.07, 6.45) is 1.64. The molecule has 1 aliphatic heterocycles. The molecule has 4 heteroatoms. The Morgan fingerprint density at radius 2 is 2.00 bits per heavy atom. The highest BCUT2D eigenvalue weighted by Gasteiger charge is 2.63. The monoisotopic (exact) mass is 244 g/mol. The van der Waals surface area contributed by atoms with Gasteiger partial charge >= 0.3 is 0 Å². The summed E-state index contributed by atoms with van der Waals surface area (Å²) in [7, 11) is 0. The van der Waals surface area contributed by atoms with Crippen molar-refractivity contribution in [3.05, 3.63) is 40.8 Å². The summed E-state index contributed by atoms with van der Waals surface area (Å²) in [6.45, 7) is 2.48. The van der Waals surface area contributed by atoms with Crippen molar-refractivity contribution in [2.75, 3.05) is 6.54 Å². The fourth-order valence-electron chi connectivity index (χ4n) is 2.93. The predicted molar refractivity (Wildman–Crippen MR) is 67.8 cm³/mol. The fraction of sp³-hybridized carbons (Fsp3) is 0.500. The summed E-state index contributed by atoms with van der Waals surface area (Å²) in [5.41, 5.74) is 0.665. The van der Waals surface area contributed by atoms with Crippen LogP contribution in [0.25, 0.3) is 0 Å². The fourth-order valence-corrected chi connectivity index (χ4v) is 2.93. The number of hydrogen-bond acceptors (Lipinski definition) is 3. The van der Waals surface area contributed by atoms with Crippen LogP contribution in [-0.4, -0.2) is 23.4 Å². The highest BCUT2D eigenvalue weighted by molar-refractivity contribution is 5.89. The minimum Gasteiger partial charge on any atom is -0.333 e. The molecule has 0 aromatic heterocycles. The van der Waals surface area contributed by atoms with Crippen molar-refractivity contribution in [3.8, 4) is 0 Å². The molecule has 1 amide bonds. The van der Waals surface area contributed by atoms with E-state index in [1.807, 2.05) is 42.2 Å². The summed E-state index contributed by atoms with van der Waals surface area (Å²) in [5, 5.41) is 3.17. The van der Waals surface area contributed by atoms with E-state index in [-0.39, 0.29) is 18.0 Å². The van der Waals surface area contributed by atoms with Crippen LogP contribution in [0.5, 0.6) is 0 Å². The van der Waals surface area contributed by atoms with Crippen LogP contribution in [-0.2, 0) is 4.79 Å². The predicted octanol–water partition coefficient (Wildman–Crippen LogP) is 2.51. The van der Waals surface area contributed by atoms with Crippen molar-refractivity contribution in [2.24, 2.45) is 10.6 Å². The Bertz CT molecular complexity index is 482. The van der Waals surface area contributed by atoms with Crippen LogP contribution >= 0.6 is 0 Å². The zero-order valence-electron chi connectivity index (χ0n) is 10.4. The molecule has 18 heavy (non-hydrogen) atoms. The Morgan fingerprint density at radius 1 is 1.33 bits per heavy atom. The van der Waals surface area contributed by atoms with Gasteiger partial charge in [-0.25, -0.2) is 0 Å². The number of amides is 1. The van der Waals surface area contributed by atoms with Gasteiger partial charge in [-0.2, -0.15) is 4.91 Å². The molecule has 2 fully saturated rings. The standard InChI is InChI=1S/C14H16N2O2/c1-10(11-5-3-2-4-6-11)16-9-12(15-18)14(7-8-14)13(16)17/h2-6,10,12H,7-9H2,1H3/t10-,12?/m1/s1. The van der Waals surface area contributed by atoms with Crippen LogP contribution < -0.4 is 0 Å². The lowest BCUT2D eigenvalue weighted by Gasteiger charge is -2.25. The molecule has 1 heterocycles. The normalized spacial score (nSPS) is 26.4. The average molecular weight is 244 g/mol. The molecule has 3 rings (SSSR count). The van der Waals surface area contributed by atoms with Crippen LogP contribution in [0.1, 0.15) is 31.4 Å². The lowest BCUT2D eigenvalue weighted by Crippen LogP contribution is -2.30. The van der Waals surface area contributed by atoms with E-state index in [0.29, 0.717) is 6.54 Å². The van der Waals surface area contributed by atoms with E-state index >= 15 is 0 Å². The van der Waals surface area contributed by atoms with Crippen LogP contribution in [0.15, 0.2) is 35.5 Å². The third kappa shape index (κ3) is 1.48. The van der Waals surface area contributed by atoms with Gasteiger partial charge < -0.3 is 4.90 Å². The van der Waals surface area contributed by atoms with Crippen LogP contribution in [0, 0.1) is 10.3 Å². The number of likely N-dealkylation sites (tertiary alicyclic amines) is 1. The zero-order valence-corrected chi connectivity index (χ0v) is 10.4. The molecule has 2 atom stereocenters. The van der Waals surface area contributed by atoms with Gasteiger partial charge in [-0.1, -0.05) is 35.5 Å². The maximum Gasteiger partial charge on any atom is 0.231 e. The first-order valence-electron chi connectivity index (χ1n) is 6.37. The molecule has 1 aliphatic carbocycles. The molecule has 2 aliphatic rings. The summed E-state index contributed by atoms with van der Waals surface area (Å²) in [6, 6.07) is 9.58. The van der Waals surface area contributed by atoms with E-state index in [9.17, 15) is 9.70 Å². The molecule has 1 aromatic carbocycles. The second-order valence-electron chi connectivity index (χ2n) is 5.32. The van der Waals surface area contributed by atoms with Gasteiger partial charge in [0.2, 0.25) is 5.91 Å². The van der Waals surface area contributed by atoms with Crippen molar-refractivity contribution < 1.29 is 4.79 Å². The van der Waals surface area contributed by atoms with Crippen LogP contribution in [0.3, 0.4) is 0 Å². The number of nitrogens with zero attached hydrogens (tertiary/aromatic N) is 2. The number of hydrogen-bond donors (Lipinski definition) is 0. The molecule has 1 unspecified atom stereocenters. The lowest BCUT2D eigenvalue weighted by atomic mass is 10.0. The third-order valence-corrected chi connectivity index (χ3v) is 4.36. The van der Waals surface area contributed by atoms with Crippen molar-refractivity contribution in [1.29, 1.82) is 0 Å². The van der Waals surface area contributed by atoms with Crippen molar-refractivity contribution >= 4 is 5.91 Å². The molecule has 1 saturated heterocycles. The minimum absolute atomic E-state index is 0.0166. The zero-order chi connectivity index (χ0) is 12.8. The first-order valence-corrected chi connectivity index (χ1v) is 6.37. The minimum atomic E-state index is -0.440. The van der Waals surface area contributed by atoms with Crippen LogP contribution in [0.4, 0.5) is 0 Å². The van der Waals surface area contributed by atoms with E-state index in [4.69, 9.17) is 0 Å². The molecule has 0 N–H and O–H groups in total. The summed E-state index contributed by atoms with van der Waals surface area (Å²) < 4.78 is 0. The van der Waals surface area contributed by atoms with Gasteiger partial charge in [0.1, 0.15) is 6.04 Å². The average Bonchev–Trinajstić information content (AvgIpc) is 3.16. The lowest BCUT2D eigenvalue weighted by molar-refractivity contribution is -0.133. The second-order valence-corrected chi connectivity index (χ2v) is 5.32. The molecule has 0 radical (unpaired) electrons. The highest BCUT2D eigenvalue weighted by Crippen LogP contribution is 2.56. The molecule has 1 aromatic rings. The van der Waals surface area contributed by atoms with Gasteiger partial charge in [-0.15, -0.1) is 0 Å². The molecular formula is C14H16N2O2. The molecule has 94 valence electrons. The number of carbonyl (C=O) groups is 1. The van der Waals surface area contributed by atoms with Crippen molar-refractivity contribution in [1.82, 2.24) is 4.90 Å². The largest absolute Gasteiger partial charge is 0.333 e. The van der Waals surface area contributed by atoms with Gasteiger partial charge in [0.05, 0.1) is 11.5 Å². The summed E-state index contributed by atoms with van der Waals surface area (Å²) in [4.78, 5) is 25.1. The van der Waals surface area contributed by atoms with Gasteiger partial charge in [0.15, 0.2) is 0 Å². The summed E-state index contributed by atoms with van der Waals surface area (Å²) in [5.74, 6) is 0.114. The molecule has 4 nitrogen and oxygen atoms in total. The first-order chi connectivity index (χ1) is 8.69. The third-order valence-electron chi connectivity index (χ3n) is 4.36. The number of carbonyl (C=O) groups excluding carboxylic acids is 1. The van der Waals surface area contributed by atoms with Crippen molar-refractivity contribution in [2.45, 2.75) is 31.8 Å². The van der Waals surface area contributed by atoms with Gasteiger partial charge in [0, 0.05) is 6.54 Å². The molecule has 1 spiro atoms. The van der Waals surface area contributed by atoms with E-state index in [1.54, 1.807) is 0 Å². The van der Waals surface area contributed by atoms with E-state index < -0.39 is 5.41 Å². The van der Waals surface area contributed by atoms with Gasteiger partial charge in [-0.05, 0) is 25.3 Å². The summed E-state index contributed by atoms with van der Waals surface area (Å²) >= 11 is 0. The number of nitroso groups, excluding NO2 is 1. The number of benzene rings is 1. The smallest absolute Gasteiger partial charge is 0.231 e. The highest BCUT2D eigenvalue weighted by atomic mass is 16.3.